The lowest BCUT2D eigenvalue weighted by molar-refractivity contribution is -0.115. The summed E-state index contributed by atoms with van der Waals surface area (Å²) in [6.45, 7) is 2.11. The number of thioether (sulfide) groups is 2. The lowest BCUT2D eigenvalue weighted by Gasteiger charge is -2.17. The fraction of sp³-hybridized carbons (Fsp3) is 0.222. The largest absolute Gasteiger partial charge is 0.454 e. The third-order valence-corrected chi connectivity index (χ3v) is 6.14. The van der Waals surface area contributed by atoms with Gasteiger partial charge in [-0.05, 0) is 30.7 Å². The molecule has 1 atom stereocenters. The van der Waals surface area contributed by atoms with E-state index in [1.807, 2.05) is 31.2 Å². The zero-order chi connectivity index (χ0) is 17.2. The minimum absolute atomic E-state index is 0.0639. The van der Waals surface area contributed by atoms with Crippen LogP contribution < -0.4 is 14.8 Å². The maximum absolute atomic E-state index is 12.5. The number of amides is 1. The molecule has 2 heterocycles. The Bertz CT molecular complexity index is 854. The Labute approximate surface area is 154 Å². The van der Waals surface area contributed by atoms with Crippen molar-refractivity contribution in [3.8, 4) is 11.5 Å². The molecule has 2 aliphatic rings. The molecule has 2 aromatic rings. The zero-order valence-electron chi connectivity index (χ0n) is 13.5. The molecule has 2 aliphatic heterocycles. The SMILES string of the molecule is C[C@@H](SC1=Nc2ccccc2CS1)C(=O)Nc1ccc2c(c1)OCO2. The molecule has 1 N–H and O–H groups in total. The van der Waals surface area contributed by atoms with Crippen LogP contribution in [0.1, 0.15) is 12.5 Å². The number of hydrogen-bond donors (Lipinski definition) is 1. The Balaban J connectivity index is 1.40. The van der Waals surface area contributed by atoms with Crippen LogP contribution in [0.4, 0.5) is 11.4 Å². The second-order valence-electron chi connectivity index (χ2n) is 5.61. The molecular weight excluding hydrogens is 356 g/mol. The molecule has 2 aromatic carbocycles. The molecule has 0 bridgehead atoms. The molecule has 25 heavy (non-hydrogen) atoms. The van der Waals surface area contributed by atoms with Crippen molar-refractivity contribution in [2.24, 2.45) is 4.99 Å². The number of hydrogen-bond acceptors (Lipinski definition) is 6. The fourth-order valence-electron chi connectivity index (χ4n) is 2.50. The molecular formula is C18H16N2O3S2. The Morgan fingerprint density at radius 1 is 1.24 bits per heavy atom. The highest BCUT2D eigenvalue weighted by atomic mass is 32.2. The van der Waals surface area contributed by atoms with Crippen molar-refractivity contribution in [3.05, 3.63) is 48.0 Å². The lowest BCUT2D eigenvalue weighted by Crippen LogP contribution is -2.23. The maximum atomic E-state index is 12.5. The predicted octanol–water partition coefficient (Wildman–Crippen LogP) is 4.41. The van der Waals surface area contributed by atoms with Crippen LogP contribution in [-0.2, 0) is 10.5 Å². The van der Waals surface area contributed by atoms with E-state index < -0.39 is 0 Å². The molecule has 1 amide bonds. The van der Waals surface area contributed by atoms with Crippen molar-refractivity contribution in [3.63, 3.8) is 0 Å². The van der Waals surface area contributed by atoms with Crippen LogP contribution in [0.25, 0.3) is 0 Å². The monoisotopic (exact) mass is 372 g/mol. The molecule has 0 aliphatic carbocycles. The van der Waals surface area contributed by atoms with Crippen LogP contribution in [0.15, 0.2) is 47.5 Å². The van der Waals surface area contributed by atoms with Gasteiger partial charge in [0.15, 0.2) is 11.5 Å². The Morgan fingerprint density at radius 2 is 2.08 bits per heavy atom. The van der Waals surface area contributed by atoms with Gasteiger partial charge < -0.3 is 14.8 Å². The summed E-state index contributed by atoms with van der Waals surface area (Å²) in [7, 11) is 0. The predicted molar refractivity (Wildman–Crippen MR) is 103 cm³/mol. The highest BCUT2D eigenvalue weighted by molar-refractivity contribution is 8.39. The minimum Gasteiger partial charge on any atom is -0.454 e. The number of nitrogens with zero attached hydrogens (tertiary/aromatic N) is 1. The molecule has 0 fully saturated rings. The quantitative estimate of drug-likeness (QED) is 0.865. The molecule has 0 unspecified atom stereocenters. The number of benzene rings is 2. The van der Waals surface area contributed by atoms with E-state index in [4.69, 9.17) is 9.47 Å². The van der Waals surface area contributed by atoms with Crippen molar-refractivity contribution < 1.29 is 14.3 Å². The summed E-state index contributed by atoms with van der Waals surface area (Å²) in [5.74, 6) is 2.18. The smallest absolute Gasteiger partial charge is 0.237 e. The third-order valence-electron chi connectivity index (χ3n) is 3.84. The van der Waals surface area contributed by atoms with Gasteiger partial charge in [0.05, 0.1) is 10.9 Å². The summed E-state index contributed by atoms with van der Waals surface area (Å²) in [5.41, 5.74) is 2.92. The summed E-state index contributed by atoms with van der Waals surface area (Å²) < 4.78 is 11.5. The second-order valence-corrected chi connectivity index (χ2v) is 8.16. The van der Waals surface area contributed by atoms with E-state index in [0.717, 1.165) is 15.8 Å². The van der Waals surface area contributed by atoms with Gasteiger partial charge >= 0.3 is 0 Å². The first-order chi connectivity index (χ1) is 12.2. The number of nitrogens with one attached hydrogen (secondary N) is 1. The van der Waals surface area contributed by atoms with Gasteiger partial charge in [-0.2, -0.15) is 0 Å². The van der Waals surface area contributed by atoms with Gasteiger partial charge in [-0.15, -0.1) is 0 Å². The first kappa shape index (κ1) is 16.4. The van der Waals surface area contributed by atoms with Gasteiger partial charge in [0.1, 0.15) is 4.38 Å². The molecule has 0 saturated carbocycles. The van der Waals surface area contributed by atoms with Gasteiger partial charge in [-0.1, -0.05) is 41.7 Å². The zero-order valence-corrected chi connectivity index (χ0v) is 15.2. The summed E-state index contributed by atoms with van der Waals surface area (Å²) in [5, 5.41) is 2.67. The van der Waals surface area contributed by atoms with E-state index in [9.17, 15) is 4.79 Å². The average molecular weight is 372 g/mol. The van der Waals surface area contributed by atoms with Crippen LogP contribution in [0.2, 0.25) is 0 Å². The number of fused-ring (bicyclic) bond motifs is 2. The van der Waals surface area contributed by atoms with Crippen molar-refractivity contribution in [1.82, 2.24) is 0 Å². The summed E-state index contributed by atoms with van der Waals surface area (Å²) in [4.78, 5) is 17.1. The lowest BCUT2D eigenvalue weighted by atomic mass is 10.2. The number of ether oxygens (including phenoxy) is 2. The fourth-order valence-corrected chi connectivity index (χ4v) is 4.68. The first-order valence-corrected chi connectivity index (χ1v) is 9.72. The van der Waals surface area contributed by atoms with E-state index in [1.165, 1.54) is 17.3 Å². The normalized spacial score (nSPS) is 16.0. The molecule has 128 valence electrons. The second kappa shape index (κ2) is 7.01. The van der Waals surface area contributed by atoms with Crippen LogP contribution >= 0.6 is 23.5 Å². The van der Waals surface area contributed by atoms with Gasteiger partial charge in [0, 0.05) is 17.5 Å². The van der Waals surface area contributed by atoms with Gasteiger partial charge in [-0.3, -0.25) is 4.79 Å². The summed E-state index contributed by atoms with van der Waals surface area (Å²) in [6.07, 6.45) is 0. The van der Waals surface area contributed by atoms with Crippen molar-refractivity contribution >= 4 is 45.2 Å². The minimum atomic E-state index is -0.248. The number of para-hydroxylation sites is 1. The molecule has 7 heteroatoms. The number of aliphatic imine (C=N–C) groups is 1. The maximum Gasteiger partial charge on any atom is 0.237 e. The number of anilines is 1. The molecule has 0 radical (unpaired) electrons. The topological polar surface area (TPSA) is 59.9 Å². The van der Waals surface area contributed by atoms with Crippen molar-refractivity contribution in [1.29, 1.82) is 0 Å². The summed E-state index contributed by atoms with van der Waals surface area (Å²) >= 11 is 3.15. The van der Waals surface area contributed by atoms with E-state index >= 15 is 0 Å². The van der Waals surface area contributed by atoms with E-state index in [-0.39, 0.29) is 18.0 Å². The van der Waals surface area contributed by atoms with Crippen LogP contribution in [-0.4, -0.2) is 22.3 Å². The molecule has 5 nitrogen and oxygen atoms in total. The standard InChI is InChI=1S/C18H16N2O3S2/c1-11(25-18-20-14-5-3-2-4-12(14)9-24-18)17(21)19-13-6-7-15-16(8-13)23-10-22-15/h2-8,11H,9-10H2,1H3,(H,19,21)/t11-/m1/s1. The van der Waals surface area contributed by atoms with E-state index in [2.05, 4.69) is 16.4 Å². The van der Waals surface area contributed by atoms with E-state index in [1.54, 1.807) is 23.9 Å². The van der Waals surface area contributed by atoms with E-state index in [0.29, 0.717) is 17.2 Å². The highest BCUT2D eigenvalue weighted by Crippen LogP contribution is 2.37. The molecule has 0 saturated heterocycles. The third kappa shape index (κ3) is 3.62. The van der Waals surface area contributed by atoms with Crippen LogP contribution in [0.5, 0.6) is 11.5 Å². The van der Waals surface area contributed by atoms with Gasteiger partial charge in [0.25, 0.3) is 0 Å². The average Bonchev–Trinajstić information content (AvgIpc) is 3.09. The van der Waals surface area contributed by atoms with Crippen LogP contribution in [0, 0.1) is 0 Å². The Morgan fingerprint density at radius 3 is 3.00 bits per heavy atom. The molecule has 0 spiro atoms. The van der Waals surface area contributed by atoms with Crippen molar-refractivity contribution in [2.45, 2.75) is 17.9 Å². The Kier molecular flexibility index (Phi) is 4.59. The number of carbonyl (C=O) groups excluding carboxylic acids is 1. The van der Waals surface area contributed by atoms with Gasteiger partial charge in [0.2, 0.25) is 12.7 Å². The number of carbonyl (C=O) groups is 1. The molecule has 0 aromatic heterocycles. The Hall–Kier alpha value is -2.12. The first-order valence-electron chi connectivity index (χ1n) is 7.85. The molecule has 4 rings (SSSR count). The van der Waals surface area contributed by atoms with Crippen LogP contribution in [0.3, 0.4) is 0 Å². The van der Waals surface area contributed by atoms with Crippen molar-refractivity contribution in [2.75, 3.05) is 12.1 Å². The summed E-state index contributed by atoms with van der Waals surface area (Å²) in [6, 6.07) is 13.5. The van der Waals surface area contributed by atoms with Gasteiger partial charge in [-0.25, -0.2) is 4.99 Å². The number of rotatable bonds is 3. The highest BCUT2D eigenvalue weighted by Gasteiger charge is 2.21.